The molecule has 2 rings (SSSR count). The van der Waals surface area contributed by atoms with Gasteiger partial charge in [-0.2, -0.15) is 0 Å². The van der Waals surface area contributed by atoms with E-state index in [1.807, 2.05) is 19.9 Å². The maximum atomic E-state index is 11.9. The molecule has 0 saturated carbocycles. The van der Waals surface area contributed by atoms with Crippen molar-refractivity contribution in [2.45, 2.75) is 45.2 Å². The summed E-state index contributed by atoms with van der Waals surface area (Å²) < 4.78 is 10.2. The van der Waals surface area contributed by atoms with E-state index in [9.17, 15) is 4.79 Å². The molecule has 0 bridgehead atoms. The van der Waals surface area contributed by atoms with Gasteiger partial charge in [0.05, 0.1) is 14.2 Å². The van der Waals surface area contributed by atoms with Gasteiger partial charge >= 0.3 is 5.97 Å². The SMILES string of the molecule is COC(=O)[C@@H](NC1CCc2ccc(OC)cc2C1)C(C)C. The molecule has 1 aliphatic rings. The van der Waals surface area contributed by atoms with Crippen LogP contribution in [0, 0.1) is 5.92 Å². The van der Waals surface area contributed by atoms with Crippen molar-refractivity contribution in [1.82, 2.24) is 5.32 Å². The third-order valence-corrected chi connectivity index (χ3v) is 4.18. The van der Waals surface area contributed by atoms with Crippen molar-refractivity contribution in [3.63, 3.8) is 0 Å². The lowest BCUT2D eigenvalue weighted by Crippen LogP contribution is -2.48. The van der Waals surface area contributed by atoms with Gasteiger partial charge in [-0.25, -0.2) is 0 Å². The molecule has 0 fully saturated rings. The summed E-state index contributed by atoms with van der Waals surface area (Å²) >= 11 is 0. The molecule has 1 N–H and O–H groups in total. The average Bonchev–Trinajstić information content (AvgIpc) is 2.50. The molecule has 0 spiro atoms. The standard InChI is InChI=1S/C17H25NO3/c1-11(2)16(17(19)21-4)18-14-7-5-12-6-8-15(20-3)10-13(12)9-14/h6,8,10-11,14,16,18H,5,7,9H2,1-4H3/t14?,16-/m0/s1. The number of ether oxygens (including phenoxy) is 2. The highest BCUT2D eigenvalue weighted by Crippen LogP contribution is 2.26. The number of methoxy groups -OCH3 is 2. The van der Waals surface area contributed by atoms with Crippen LogP contribution in [0.1, 0.15) is 31.4 Å². The topological polar surface area (TPSA) is 47.6 Å². The zero-order valence-corrected chi connectivity index (χ0v) is 13.3. The molecule has 1 aromatic rings. The van der Waals surface area contributed by atoms with E-state index in [0.717, 1.165) is 25.0 Å². The van der Waals surface area contributed by atoms with E-state index >= 15 is 0 Å². The molecular formula is C17H25NO3. The second-order valence-corrected chi connectivity index (χ2v) is 5.99. The Morgan fingerprint density at radius 3 is 2.67 bits per heavy atom. The smallest absolute Gasteiger partial charge is 0.323 e. The van der Waals surface area contributed by atoms with E-state index in [4.69, 9.17) is 9.47 Å². The summed E-state index contributed by atoms with van der Waals surface area (Å²) in [6.07, 6.45) is 3.00. The van der Waals surface area contributed by atoms with Crippen LogP contribution in [0.2, 0.25) is 0 Å². The fourth-order valence-corrected chi connectivity index (χ4v) is 2.92. The van der Waals surface area contributed by atoms with Gasteiger partial charge in [-0.1, -0.05) is 19.9 Å². The van der Waals surface area contributed by atoms with Crippen LogP contribution in [0.25, 0.3) is 0 Å². The van der Waals surface area contributed by atoms with Crippen LogP contribution in [0.3, 0.4) is 0 Å². The fourth-order valence-electron chi connectivity index (χ4n) is 2.92. The van der Waals surface area contributed by atoms with E-state index < -0.39 is 0 Å². The normalized spacial score (nSPS) is 19.0. The number of esters is 1. The van der Waals surface area contributed by atoms with Crippen LogP contribution in [-0.4, -0.2) is 32.3 Å². The molecule has 0 aliphatic heterocycles. The molecule has 4 nitrogen and oxygen atoms in total. The number of nitrogens with one attached hydrogen (secondary N) is 1. The lowest BCUT2D eigenvalue weighted by atomic mass is 9.87. The number of rotatable bonds is 5. The third-order valence-electron chi connectivity index (χ3n) is 4.18. The van der Waals surface area contributed by atoms with E-state index in [2.05, 4.69) is 17.4 Å². The highest BCUT2D eigenvalue weighted by Gasteiger charge is 2.28. The molecule has 4 heteroatoms. The molecule has 0 aromatic heterocycles. The van der Waals surface area contributed by atoms with Crippen LogP contribution < -0.4 is 10.1 Å². The first-order valence-electron chi connectivity index (χ1n) is 7.54. The molecule has 116 valence electrons. The molecule has 0 radical (unpaired) electrons. The first-order chi connectivity index (χ1) is 10.0. The van der Waals surface area contributed by atoms with Gasteiger partial charge < -0.3 is 14.8 Å². The molecule has 0 heterocycles. The molecule has 21 heavy (non-hydrogen) atoms. The number of hydrogen-bond acceptors (Lipinski definition) is 4. The predicted molar refractivity (Wildman–Crippen MR) is 82.6 cm³/mol. The summed E-state index contributed by atoms with van der Waals surface area (Å²) in [5, 5.41) is 3.47. The van der Waals surface area contributed by atoms with Crippen molar-refractivity contribution in [1.29, 1.82) is 0 Å². The molecule has 0 amide bonds. The van der Waals surface area contributed by atoms with Gasteiger partial charge in [0.15, 0.2) is 0 Å². The van der Waals surface area contributed by atoms with Crippen LogP contribution in [0.15, 0.2) is 18.2 Å². The lowest BCUT2D eigenvalue weighted by Gasteiger charge is -2.30. The van der Waals surface area contributed by atoms with Crippen molar-refractivity contribution >= 4 is 5.97 Å². The Hall–Kier alpha value is -1.55. The van der Waals surface area contributed by atoms with E-state index in [0.29, 0.717) is 6.04 Å². The maximum absolute atomic E-state index is 11.9. The second-order valence-electron chi connectivity index (χ2n) is 5.99. The quantitative estimate of drug-likeness (QED) is 0.846. The Bertz CT molecular complexity index is 499. The Morgan fingerprint density at radius 2 is 2.05 bits per heavy atom. The van der Waals surface area contributed by atoms with Crippen LogP contribution in [0.4, 0.5) is 0 Å². The third kappa shape index (κ3) is 3.76. The highest BCUT2D eigenvalue weighted by atomic mass is 16.5. The van der Waals surface area contributed by atoms with Crippen molar-refractivity contribution in [3.05, 3.63) is 29.3 Å². The first-order valence-corrected chi connectivity index (χ1v) is 7.54. The Morgan fingerprint density at radius 1 is 1.29 bits per heavy atom. The minimum atomic E-state index is -0.243. The largest absolute Gasteiger partial charge is 0.497 e. The van der Waals surface area contributed by atoms with E-state index in [-0.39, 0.29) is 17.9 Å². The van der Waals surface area contributed by atoms with Gasteiger partial charge in [0.2, 0.25) is 0 Å². The minimum absolute atomic E-state index is 0.179. The van der Waals surface area contributed by atoms with E-state index in [1.54, 1.807) is 7.11 Å². The van der Waals surface area contributed by atoms with Gasteiger partial charge in [-0.05, 0) is 48.4 Å². The van der Waals surface area contributed by atoms with Gasteiger partial charge in [-0.3, -0.25) is 4.79 Å². The Balaban J connectivity index is 2.07. The highest BCUT2D eigenvalue weighted by molar-refractivity contribution is 5.76. The molecule has 1 aliphatic carbocycles. The maximum Gasteiger partial charge on any atom is 0.323 e. The van der Waals surface area contributed by atoms with Crippen molar-refractivity contribution in [2.75, 3.05) is 14.2 Å². The average molecular weight is 291 g/mol. The summed E-state index contributed by atoms with van der Waals surface area (Å²) in [7, 11) is 3.13. The fraction of sp³-hybridized carbons (Fsp3) is 0.588. The Labute approximate surface area is 126 Å². The molecule has 0 saturated heterocycles. The lowest BCUT2D eigenvalue weighted by molar-refractivity contribution is -0.144. The number of aryl methyl sites for hydroxylation is 1. The molecular weight excluding hydrogens is 266 g/mol. The molecule has 2 atom stereocenters. The zero-order valence-electron chi connectivity index (χ0n) is 13.3. The van der Waals surface area contributed by atoms with Gasteiger partial charge in [-0.15, -0.1) is 0 Å². The summed E-state index contributed by atoms with van der Waals surface area (Å²) in [4.78, 5) is 11.9. The number of carbonyl (C=O) groups is 1. The molecule has 1 aromatic carbocycles. The Kier molecular flexibility index (Phi) is 5.23. The number of fused-ring (bicyclic) bond motifs is 1. The number of hydrogen-bond donors (Lipinski definition) is 1. The summed E-state index contributed by atoms with van der Waals surface area (Å²) in [5.74, 6) is 0.924. The first kappa shape index (κ1) is 15.8. The van der Waals surface area contributed by atoms with Crippen LogP contribution in [0.5, 0.6) is 5.75 Å². The van der Waals surface area contributed by atoms with Crippen molar-refractivity contribution in [2.24, 2.45) is 5.92 Å². The summed E-state index contributed by atoms with van der Waals surface area (Å²) in [6.45, 7) is 4.07. The van der Waals surface area contributed by atoms with Crippen LogP contribution in [-0.2, 0) is 22.4 Å². The van der Waals surface area contributed by atoms with Crippen LogP contribution >= 0.6 is 0 Å². The van der Waals surface area contributed by atoms with Gasteiger partial charge in [0.1, 0.15) is 11.8 Å². The zero-order chi connectivity index (χ0) is 15.4. The summed E-state index contributed by atoms with van der Waals surface area (Å²) in [5.41, 5.74) is 2.69. The van der Waals surface area contributed by atoms with Gasteiger partial charge in [0.25, 0.3) is 0 Å². The molecule has 1 unspecified atom stereocenters. The monoisotopic (exact) mass is 291 g/mol. The number of carbonyl (C=O) groups excluding carboxylic acids is 1. The summed E-state index contributed by atoms with van der Waals surface area (Å²) in [6, 6.07) is 6.32. The minimum Gasteiger partial charge on any atom is -0.497 e. The van der Waals surface area contributed by atoms with Crippen molar-refractivity contribution < 1.29 is 14.3 Å². The number of benzene rings is 1. The second kappa shape index (κ2) is 6.94. The van der Waals surface area contributed by atoms with E-state index in [1.165, 1.54) is 18.2 Å². The van der Waals surface area contributed by atoms with Gasteiger partial charge in [0, 0.05) is 6.04 Å². The predicted octanol–water partition coefficient (Wildman–Crippen LogP) is 2.34. The van der Waals surface area contributed by atoms with Crippen molar-refractivity contribution in [3.8, 4) is 5.75 Å².